The van der Waals surface area contributed by atoms with Crippen molar-refractivity contribution in [3.63, 3.8) is 0 Å². The highest BCUT2D eigenvalue weighted by Crippen LogP contribution is 2.29. The minimum Gasteiger partial charge on any atom is -0.354 e. The first kappa shape index (κ1) is 46.4. The van der Waals surface area contributed by atoms with E-state index in [1.807, 2.05) is 32.0 Å². The van der Waals surface area contributed by atoms with Gasteiger partial charge in [-0.2, -0.15) is 0 Å². The standard InChI is InChI=1S/C46H45ClN10O9S/c1-28-4-3-5-34(47)42(28)52-43(62)35-25-48-46(67-35)51-36-24-37(50-29(2)49-36)55-22-20-53(21-23-55)18-19-54(26-30-6-10-32(11-7-30)44(63)65-56-38(58)14-15-39(56)59)27-31-8-12-33(13-9-31)45(64)66-57-40(60)16-17-41(57)61/h3-13,24-25H,14-23,26-27H2,1-2H3,(H,52,62)(H,48,49,50,51). The van der Waals surface area contributed by atoms with Gasteiger partial charge in [0, 0.05) is 84.1 Å². The molecule has 0 spiro atoms. The van der Waals surface area contributed by atoms with Crippen LogP contribution in [-0.2, 0) is 41.9 Å². The van der Waals surface area contributed by atoms with Crippen molar-refractivity contribution >= 4 is 86.9 Å². The number of aromatic nitrogens is 3. The van der Waals surface area contributed by atoms with Crippen molar-refractivity contribution in [2.45, 2.75) is 52.6 Å². The molecule has 67 heavy (non-hydrogen) atoms. The van der Waals surface area contributed by atoms with Crippen LogP contribution in [0.2, 0.25) is 5.02 Å². The second kappa shape index (κ2) is 20.6. The maximum absolute atomic E-state index is 13.0. The number of aryl methyl sites for hydroxylation is 2. The molecule has 346 valence electrons. The predicted molar refractivity (Wildman–Crippen MR) is 245 cm³/mol. The molecule has 0 saturated carbocycles. The number of hydrogen-bond donors (Lipinski definition) is 2. The van der Waals surface area contributed by atoms with Crippen LogP contribution in [0.5, 0.6) is 0 Å². The smallest absolute Gasteiger partial charge is 0.354 e. The van der Waals surface area contributed by atoms with E-state index < -0.39 is 35.6 Å². The molecule has 3 fully saturated rings. The fourth-order valence-corrected chi connectivity index (χ4v) is 8.57. The Morgan fingerprint density at radius 1 is 0.746 bits per heavy atom. The summed E-state index contributed by atoms with van der Waals surface area (Å²) in [6.45, 7) is 8.97. The number of halogens is 1. The van der Waals surface area contributed by atoms with Crippen molar-refractivity contribution in [2.75, 3.05) is 54.8 Å². The number of thiazole rings is 1. The van der Waals surface area contributed by atoms with Gasteiger partial charge in [0.15, 0.2) is 5.13 Å². The number of benzene rings is 3. The summed E-state index contributed by atoms with van der Waals surface area (Å²) in [5.41, 5.74) is 3.55. The minimum absolute atomic E-state index is 0.00289. The zero-order valence-corrected chi connectivity index (χ0v) is 38.1. The average Bonchev–Trinajstić information content (AvgIpc) is 4.01. The maximum Gasteiger partial charge on any atom is 0.363 e. The number of nitrogens with one attached hydrogen (secondary N) is 2. The molecule has 3 saturated heterocycles. The summed E-state index contributed by atoms with van der Waals surface area (Å²) < 4.78 is 0. The number of para-hydroxylation sites is 1. The average molecular weight is 949 g/mol. The molecule has 21 heteroatoms. The van der Waals surface area contributed by atoms with Crippen LogP contribution in [0.25, 0.3) is 0 Å². The number of carbonyl (C=O) groups excluding carboxylic acids is 7. The molecule has 0 aliphatic carbocycles. The van der Waals surface area contributed by atoms with Crippen LogP contribution in [0.3, 0.4) is 0 Å². The minimum atomic E-state index is -0.812. The summed E-state index contributed by atoms with van der Waals surface area (Å²) in [6.07, 6.45) is 1.49. The van der Waals surface area contributed by atoms with Gasteiger partial charge in [-0.3, -0.25) is 33.8 Å². The molecule has 5 aromatic rings. The lowest BCUT2D eigenvalue weighted by Crippen LogP contribution is -2.48. The number of imide groups is 2. The Bertz CT molecular complexity index is 2580. The van der Waals surface area contributed by atoms with Gasteiger partial charge in [0.2, 0.25) is 0 Å². The van der Waals surface area contributed by atoms with Crippen molar-refractivity contribution in [2.24, 2.45) is 0 Å². The maximum atomic E-state index is 13.0. The van der Waals surface area contributed by atoms with E-state index in [0.29, 0.717) is 75.2 Å². The Kier molecular flexibility index (Phi) is 14.3. The zero-order chi connectivity index (χ0) is 47.2. The third-order valence-electron chi connectivity index (χ3n) is 11.2. The molecule has 0 unspecified atom stereocenters. The first-order chi connectivity index (χ1) is 32.3. The van der Waals surface area contributed by atoms with E-state index in [2.05, 4.69) is 35.3 Å². The Hall–Kier alpha value is -7.13. The first-order valence-electron chi connectivity index (χ1n) is 21.4. The van der Waals surface area contributed by atoms with Gasteiger partial charge in [-0.1, -0.05) is 59.3 Å². The lowest BCUT2D eigenvalue weighted by atomic mass is 10.1. The highest BCUT2D eigenvalue weighted by molar-refractivity contribution is 7.17. The lowest BCUT2D eigenvalue weighted by molar-refractivity contribution is -0.173. The van der Waals surface area contributed by atoms with Crippen molar-refractivity contribution in [3.8, 4) is 0 Å². The molecule has 19 nitrogen and oxygen atoms in total. The van der Waals surface area contributed by atoms with Gasteiger partial charge < -0.3 is 25.2 Å². The monoisotopic (exact) mass is 948 g/mol. The summed E-state index contributed by atoms with van der Waals surface area (Å²) in [6, 6.07) is 20.8. The van der Waals surface area contributed by atoms with Gasteiger partial charge in [0.25, 0.3) is 29.5 Å². The number of rotatable bonds is 16. The highest BCUT2D eigenvalue weighted by atomic mass is 35.5. The van der Waals surface area contributed by atoms with Crippen molar-refractivity contribution in [3.05, 3.63) is 123 Å². The number of amides is 5. The van der Waals surface area contributed by atoms with Gasteiger partial charge in [-0.05, 0) is 60.9 Å². The second-order valence-electron chi connectivity index (χ2n) is 16.1. The lowest BCUT2D eigenvalue weighted by Gasteiger charge is -2.36. The Labute approximate surface area is 393 Å². The van der Waals surface area contributed by atoms with Gasteiger partial charge in [-0.25, -0.2) is 24.5 Å². The number of anilines is 4. The molecule has 2 aromatic heterocycles. The summed E-state index contributed by atoms with van der Waals surface area (Å²) in [4.78, 5) is 118. The van der Waals surface area contributed by atoms with E-state index in [4.69, 9.17) is 26.3 Å². The van der Waals surface area contributed by atoms with E-state index in [9.17, 15) is 33.6 Å². The molecular formula is C46H45ClN10O9S. The van der Waals surface area contributed by atoms with Crippen LogP contribution in [0.4, 0.5) is 22.5 Å². The van der Waals surface area contributed by atoms with Crippen molar-refractivity contribution in [1.82, 2.24) is 34.9 Å². The first-order valence-corrected chi connectivity index (χ1v) is 22.6. The zero-order valence-electron chi connectivity index (χ0n) is 36.5. The summed E-state index contributed by atoms with van der Waals surface area (Å²) in [7, 11) is 0. The van der Waals surface area contributed by atoms with Crippen molar-refractivity contribution in [1.29, 1.82) is 0 Å². The van der Waals surface area contributed by atoms with Gasteiger partial charge in [-0.15, -0.1) is 10.1 Å². The second-order valence-corrected chi connectivity index (χ2v) is 17.5. The van der Waals surface area contributed by atoms with E-state index in [-0.39, 0.29) is 42.7 Å². The molecule has 5 heterocycles. The van der Waals surface area contributed by atoms with E-state index in [1.54, 1.807) is 54.6 Å². The molecule has 2 N–H and O–H groups in total. The van der Waals surface area contributed by atoms with E-state index in [0.717, 1.165) is 42.1 Å². The Morgan fingerprint density at radius 2 is 1.30 bits per heavy atom. The fourth-order valence-electron chi connectivity index (χ4n) is 7.58. The summed E-state index contributed by atoms with van der Waals surface area (Å²) in [5, 5.41) is 8.09. The molecule has 0 bridgehead atoms. The number of hydrogen-bond acceptors (Lipinski definition) is 17. The summed E-state index contributed by atoms with van der Waals surface area (Å²) >= 11 is 7.51. The highest BCUT2D eigenvalue weighted by Gasteiger charge is 2.34. The van der Waals surface area contributed by atoms with Crippen LogP contribution in [0, 0.1) is 13.8 Å². The largest absolute Gasteiger partial charge is 0.363 e. The molecule has 3 aliphatic heterocycles. The van der Waals surface area contributed by atoms with Crippen LogP contribution in [0.15, 0.2) is 79.0 Å². The van der Waals surface area contributed by atoms with Crippen LogP contribution >= 0.6 is 22.9 Å². The fraction of sp³-hybridized carbons (Fsp3) is 0.304. The van der Waals surface area contributed by atoms with E-state index in [1.165, 1.54) is 17.5 Å². The normalized spacial score (nSPS) is 15.4. The van der Waals surface area contributed by atoms with Crippen LogP contribution in [-0.4, -0.2) is 116 Å². The SMILES string of the molecule is Cc1nc(Nc2ncc(C(=O)Nc3c(C)cccc3Cl)s2)cc(N2CCN(CCN(Cc3ccc(C(=O)ON4C(=O)CCC4=O)cc3)Cc3ccc(C(=O)ON4C(=O)CCC4=O)cc3)CC2)n1. The van der Waals surface area contributed by atoms with Gasteiger partial charge in [0.05, 0.1) is 28.0 Å². The van der Waals surface area contributed by atoms with Crippen LogP contribution < -0.4 is 15.5 Å². The molecule has 3 aromatic carbocycles. The molecule has 0 radical (unpaired) electrons. The predicted octanol–water partition coefficient (Wildman–Crippen LogP) is 5.47. The van der Waals surface area contributed by atoms with Gasteiger partial charge >= 0.3 is 11.9 Å². The van der Waals surface area contributed by atoms with E-state index >= 15 is 0 Å². The van der Waals surface area contributed by atoms with Crippen molar-refractivity contribution < 1.29 is 43.2 Å². The number of piperazine rings is 1. The molecule has 5 amide bonds. The third-order valence-corrected chi connectivity index (χ3v) is 12.5. The number of carbonyl (C=O) groups is 7. The molecule has 3 aliphatic rings. The molecular weight excluding hydrogens is 904 g/mol. The topological polar surface area (TPSA) is 217 Å². The van der Waals surface area contributed by atoms with Crippen LogP contribution in [0.1, 0.15) is 78.6 Å². The third kappa shape index (κ3) is 11.5. The van der Waals surface area contributed by atoms with Gasteiger partial charge in [0.1, 0.15) is 22.3 Å². The Morgan fingerprint density at radius 3 is 1.84 bits per heavy atom. The molecule has 0 atom stereocenters. The quantitative estimate of drug-likeness (QED) is 0.117. The number of nitrogens with zero attached hydrogens (tertiary/aromatic N) is 8. The molecule has 8 rings (SSSR count). The summed E-state index contributed by atoms with van der Waals surface area (Å²) in [5.74, 6) is -2.29. The number of hydroxylamine groups is 4. The Balaban J connectivity index is 0.884.